The number of phenolic OH excluding ortho intramolecular Hbond substituents is 1. The molecule has 4 nitrogen and oxygen atoms in total. The van der Waals surface area contributed by atoms with E-state index in [9.17, 15) is 0 Å². The number of hydrogen-bond donors (Lipinski definition) is 1. The third-order valence-electron chi connectivity index (χ3n) is 1.57. The summed E-state index contributed by atoms with van der Waals surface area (Å²) in [6.45, 7) is 0. The standard InChI is InChI=1S/C6H3Br3O.C3Cl3N3/c7-3-1-2-4(10)6(9)5(3)8;4-1-7-2(5)9-3(6)8-1/h1-2,10H;. The summed E-state index contributed by atoms with van der Waals surface area (Å²) in [4.78, 5) is 10.4. The van der Waals surface area contributed by atoms with Gasteiger partial charge in [-0.25, -0.2) is 0 Å². The number of hydrogen-bond acceptors (Lipinski definition) is 4. The Hall–Kier alpha value is 0.340. The van der Waals surface area contributed by atoms with Gasteiger partial charge < -0.3 is 5.11 Å². The number of aromatic hydroxyl groups is 1. The van der Waals surface area contributed by atoms with Crippen molar-refractivity contribution >= 4 is 82.6 Å². The van der Waals surface area contributed by atoms with Gasteiger partial charge in [0.2, 0.25) is 15.9 Å². The van der Waals surface area contributed by atoms with E-state index in [4.69, 9.17) is 39.9 Å². The van der Waals surface area contributed by atoms with E-state index >= 15 is 0 Å². The highest BCUT2D eigenvalue weighted by Gasteiger charge is 2.04. The van der Waals surface area contributed by atoms with Gasteiger partial charge in [-0.2, -0.15) is 15.0 Å². The van der Waals surface area contributed by atoms with Gasteiger partial charge in [-0.15, -0.1) is 0 Å². The van der Waals surface area contributed by atoms with Crippen LogP contribution in [0.4, 0.5) is 0 Å². The molecule has 0 unspecified atom stereocenters. The predicted molar refractivity (Wildman–Crippen MR) is 86.1 cm³/mol. The maximum absolute atomic E-state index is 9.13. The first-order valence-corrected chi connectivity index (χ1v) is 7.87. The normalized spacial score (nSPS) is 9.79. The first-order chi connectivity index (χ1) is 8.81. The van der Waals surface area contributed by atoms with Gasteiger partial charge in [0.15, 0.2) is 0 Å². The number of rotatable bonds is 0. The monoisotopic (exact) mass is 511 g/mol. The highest BCUT2D eigenvalue weighted by molar-refractivity contribution is 9.14. The molecule has 0 fully saturated rings. The Morgan fingerprint density at radius 1 is 0.789 bits per heavy atom. The summed E-state index contributed by atoms with van der Waals surface area (Å²) in [5.41, 5.74) is 0. The molecule has 1 aromatic heterocycles. The Kier molecular flexibility index (Phi) is 7.28. The Morgan fingerprint density at radius 3 is 1.58 bits per heavy atom. The minimum Gasteiger partial charge on any atom is -0.507 e. The van der Waals surface area contributed by atoms with Gasteiger partial charge in [0.25, 0.3) is 0 Å². The molecular formula is C9H3Br3Cl3N3O. The van der Waals surface area contributed by atoms with E-state index in [1.807, 2.05) is 0 Å². The SMILES string of the molecule is Clc1nc(Cl)nc(Cl)n1.Oc1ccc(Br)c(Br)c1Br. The molecule has 0 aliphatic heterocycles. The Labute approximate surface area is 148 Å². The van der Waals surface area contributed by atoms with Crippen LogP contribution in [0.15, 0.2) is 25.6 Å². The highest BCUT2D eigenvalue weighted by Crippen LogP contribution is 2.36. The van der Waals surface area contributed by atoms with Crippen molar-refractivity contribution in [1.82, 2.24) is 15.0 Å². The fraction of sp³-hybridized carbons (Fsp3) is 0. The lowest BCUT2D eigenvalue weighted by molar-refractivity contribution is 0.471. The maximum atomic E-state index is 9.13. The molecule has 102 valence electrons. The molecule has 0 radical (unpaired) electrons. The van der Waals surface area contributed by atoms with Crippen LogP contribution in [-0.4, -0.2) is 20.1 Å². The van der Waals surface area contributed by atoms with Crippen molar-refractivity contribution in [3.05, 3.63) is 41.4 Å². The van der Waals surface area contributed by atoms with E-state index in [-0.39, 0.29) is 21.6 Å². The third kappa shape index (κ3) is 5.69. The zero-order chi connectivity index (χ0) is 14.6. The molecule has 0 aliphatic carbocycles. The zero-order valence-corrected chi connectivity index (χ0v) is 15.7. The van der Waals surface area contributed by atoms with Crippen LogP contribution in [0.3, 0.4) is 0 Å². The minimum absolute atomic E-state index is 0.000000000000000444. The summed E-state index contributed by atoms with van der Waals surface area (Å²) in [5, 5.41) is 9.13. The van der Waals surface area contributed by atoms with Crippen LogP contribution in [-0.2, 0) is 0 Å². The molecule has 1 N–H and O–H groups in total. The Morgan fingerprint density at radius 2 is 1.21 bits per heavy atom. The molecule has 2 aromatic rings. The summed E-state index contributed by atoms with van der Waals surface area (Å²) >= 11 is 25.7. The summed E-state index contributed by atoms with van der Waals surface area (Å²) in [5.74, 6) is 0.232. The van der Waals surface area contributed by atoms with Gasteiger partial charge in [-0.05, 0) is 94.7 Å². The first kappa shape index (κ1) is 17.4. The lowest BCUT2D eigenvalue weighted by atomic mass is 10.3. The summed E-state index contributed by atoms with van der Waals surface area (Å²) in [7, 11) is 0. The summed E-state index contributed by atoms with van der Waals surface area (Å²) in [6.07, 6.45) is 0. The number of benzene rings is 1. The molecule has 0 bridgehead atoms. The number of halogens is 6. The van der Waals surface area contributed by atoms with E-state index in [0.29, 0.717) is 4.47 Å². The molecule has 0 aliphatic rings. The van der Waals surface area contributed by atoms with E-state index in [1.54, 1.807) is 12.1 Å². The lowest BCUT2D eigenvalue weighted by Crippen LogP contribution is -1.87. The number of aromatic nitrogens is 3. The average molecular weight is 515 g/mol. The second-order valence-corrected chi connectivity index (χ2v) is 6.29. The van der Waals surface area contributed by atoms with Crippen molar-refractivity contribution < 1.29 is 5.11 Å². The Bertz CT molecular complexity index is 523. The van der Waals surface area contributed by atoms with Gasteiger partial charge in [0.05, 0.1) is 4.47 Å². The first-order valence-electron chi connectivity index (χ1n) is 4.36. The van der Waals surface area contributed by atoms with E-state index < -0.39 is 0 Å². The van der Waals surface area contributed by atoms with Crippen LogP contribution in [0.1, 0.15) is 0 Å². The lowest BCUT2D eigenvalue weighted by Gasteiger charge is -2.00. The van der Waals surface area contributed by atoms with Crippen molar-refractivity contribution in [3.63, 3.8) is 0 Å². The molecule has 0 saturated carbocycles. The van der Waals surface area contributed by atoms with Crippen LogP contribution >= 0.6 is 82.6 Å². The molecule has 0 atom stereocenters. The average Bonchev–Trinajstić information content (AvgIpc) is 2.30. The molecule has 0 spiro atoms. The maximum Gasteiger partial charge on any atom is 0.227 e. The van der Waals surface area contributed by atoms with Crippen LogP contribution in [0.2, 0.25) is 15.9 Å². The molecule has 0 amide bonds. The summed E-state index contributed by atoms with van der Waals surface area (Å²) < 4.78 is 2.41. The van der Waals surface area contributed by atoms with Gasteiger partial charge in [-0.3, -0.25) is 0 Å². The van der Waals surface area contributed by atoms with Crippen molar-refractivity contribution in [3.8, 4) is 5.75 Å². The molecule has 2 rings (SSSR count). The molecule has 1 aromatic carbocycles. The fourth-order valence-corrected chi connectivity index (χ4v) is 2.71. The van der Waals surface area contributed by atoms with Crippen LogP contribution < -0.4 is 0 Å². The van der Waals surface area contributed by atoms with Gasteiger partial charge in [0.1, 0.15) is 5.75 Å². The van der Waals surface area contributed by atoms with Crippen LogP contribution in [0, 0.1) is 0 Å². The van der Waals surface area contributed by atoms with Crippen molar-refractivity contribution in [2.24, 2.45) is 0 Å². The topological polar surface area (TPSA) is 58.9 Å². The second-order valence-electron chi connectivity index (χ2n) is 2.84. The third-order valence-corrected chi connectivity index (χ3v) is 5.43. The van der Waals surface area contributed by atoms with Crippen LogP contribution in [0.25, 0.3) is 0 Å². The number of phenols is 1. The Balaban J connectivity index is 0.000000191. The second kappa shape index (κ2) is 7.95. The molecule has 10 heteroatoms. The van der Waals surface area contributed by atoms with Gasteiger partial charge in [-0.1, -0.05) is 0 Å². The molecule has 1 heterocycles. The minimum atomic E-state index is 0.000000000000000444. The van der Waals surface area contributed by atoms with E-state index in [0.717, 1.165) is 8.95 Å². The van der Waals surface area contributed by atoms with Crippen LogP contribution in [0.5, 0.6) is 5.75 Å². The highest BCUT2D eigenvalue weighted by atomic mass is 79.9. The van der Waals surface area contributed by atoms with Crippen molar-refractivity contribution in [1.29, 1.82) is 0 Å². The van der Waals surface area contributed by atoms with Gasteiger partial charge in [0, 0.05) is 8.95 Å². The smallest absolute Gasteiger partial charge is 0.227 e. The van der Waals surface area contributed by atoms with E-state index in [2.05, 4.69) is 62.7 Å². The van der Waals surface area contributed by atoms with Gasteiger partial charge >= 0.3 is 0 Å². The zero-order valence-electron chi connectivity index (χ0n) is 8.71. The molecule has 0 saturated heterocycles. The molecule has 19 heavy (non-hydrogen) atoms. The largest absolute Gasteiger partial charge is 0.507 e. The number of nitrogens with zero attached hydrogens (tertiary/aromatic N) is 3. The molecular weight excluding hydrogens is 512 g/mol. The predicted octanol–water partition coefficient (Wildman–Crippen LogP) is 5.51. The van der Waals surface area contributed by atoms with E-state index in [1.165, 1.54) is 0 Å². The summed E-state index contributed by atoms with van der Waals surface area (Å²) in [6, 6.07) is 3.38. The van der Waals surface area contributed by atoms with Crippen molar-refractivity contribution in [2.75, 3.05) is 0 Å². The fourth-order valence-electron chi connectivity index (χ4n) is 0.819. The van der Waals surface area contributed by atoms with Crippen molar-refractivity contribution in [2.45, 2.75) is 0 Å². The quantitative estimate of drug-likeness (QED) is 0.471.